The van der Waals surface area contributed by atoms with Crippen LogP contribution in [0.15, 0.2) is 73.1 Å². The molecule has 1 aliphatic carbocycles. The Kier molecular flexibility index (Phi) is 4.84. The van der Waals surface area contributed by atoms with Gasteiger partial charge in [0.1, 0.15) is 6.04 Å². The molecule has 0 radical (unpaired) electrons. The standard InChI is InChI=1S/C24H23N3O2/c28-24(23(17-6-5-11-25-16-17)27-12-14-29-15-13-27)26-22-20-9-3-1-7-18(20)19-8-2-4-10-21(19)22/h1-11,16,22-23H,12-15H2,(H,26,28)/t23-/m0/s1. The highest BCUT2D eigenvalue weighted by Gasteiger charge is 2.34. The van der Waals surface area contributed by atoms with Crippen molar-refractivity contribution in [2.24, 2.45) is 0 Å². The highest BCUT2D eigenvalue weighted by molar-refractivity contribution is 5.87. The first-order valence-electron chi connectivity index (χ1n) is 10.0. The van der Waals surface area contributed by atoms with Crippen LogP contribution in [0.1, 0.15) is 28.8 Å². The van der Waals surface area contributed by atoms with Crippen LogP contribution in [0.3, 0.4) is 0 Å². The maximum atomic E-state index is 13.6. The van der Waals surface area contributed by atoms with Crippen molar-refractivity contribution in [3.8, 4) is 11.1 Å². The van der Waals surface area contributed by atoms with Crippen LogP contribution >= 0.6 is 0 Å². The van der Waals surface area contributed by atoms with Gasteiger partial charge in [-0.3, -0.25) is 14.7 Å². The number of carbonyl (C=O) groups is 1. The Hall–Kier alpha value is -3.02. The summed E-state index contributed by atoms with van der Waals surface area (Å²) in [6.07, 6.45) is 3.53. The summed E-state index contributed by atoms with van der Waals surface area (Å²) in [5.41, 5.74) is 5.59. The molecule has 1 aromatic heterocycles. The van der Waals surface area contributed by atoms with Gasteiger partial charge in [-0.1, -0.05) is 54.6 Å². The Labute approximate surface area is 170 Å². The van der Waals surface area contributed by atoms with Gasteiger partial charge >= 0.3 is 0 Å². The zero-order chi connectivity index (χ0) is 19.6. The SMILES string of the molecule is O=C(NC1c2ccccc2-c2ccccc21)[C@H](c1cccnc1)N1CCOCC1. The molecule has 1 amide bonds. The van der Waals surface area contributed by atoms with E-state index in [1.807, 2.05) is 36.4 Å². The van der Waals surface area contributed by atoms with Gasteiger partial charge in [-0.2, -0.15) is 0 Å². The number of hydrogen-bond donors (Lipinski definition) is 1. The van der Waals surface area contributed by atoms with Gasteiger partial charge < -0.3 is 10.1 Å². The maximum absolute atomic E-state index is 13.6. The number of carbonyl (C=O) groups excluding carboxylic acids is 1. The van der Waals surface area contributed by atoms with Crippen molar-refractivity contribution in [3.63, 3.8) is 0 Å². The third-order valence-corrected chi connectivity index (χ3v) is 5.78. The summed E-state index contributed by atoms with van der Waals surface area (Å²) >= 11 is 0. The summed E-state index contributed by atoms with van der Waals surface area (Å²) in [5.74, 6) is -0.00333. The molecule has 0 bridgehead atoms. The molecule has 1 N–H and O–H groups in total. The van der Waals surface area contributed by atoms with Gasteiger partial charge in [0, 0.05) is 25.5 Å². The Balaban J connectivity index is 1.49. The first kappa shape index (κ1) is 18.0. The number of hydrogen-bond acceptors (Lipinski definition) is 4. The molecule has 3 aromatic rings. The number of nitrogens with zero attached hydrogens (tertiary/aromatic N) is 2. The Morgan fingerprint density at radius 1 is 0.966 bits per heavy atom. The van der Waals surface area contributed by atoms with E-state index in [0.29, 0.717) is 13.2 Å². The average Bonchev–Trinajstić information content (AvgIpc) is 3.09. The van der Waals surface area contributed by atoms with E-state index in [4.69, 9.17) is 4.74 Å². The minimum absolute atomic E-state index is 0.00333. The van der Waals surface area contributed by atoms with E-state index in [9.17, 15) is 4.79 Å². The van der Waals surface area contributed by atoms with E-state index in [2.05, 4.69) is 39.5 Å². The second-order valence-electron chi connectivity index (χ2n) is 7.45. The molecule has 0 spiro atoms. The first-order valence-corrected chi connectivity index (χ1v) is 10.0. The zero-order valence-electron chi connectivity index (χ0n) is 16.1. The number of ether oxygens (including phenoxy) is 1. The van der Waals surface area contributed by atoms with Gasteiger partial charge in [0.25, 0.3) is 0 Å². The Morgan fingerprint density at radius 2 is 1.62 bits per heavy atom. The van der Waals surface area contributed by atoms with Crippen molar-refractivity contribution < 1.29 is 9.53 Å². The fraction of sp³-hybridized carbons (Fsp3) is 0.250. The van der Waals surface area contributed by atoms with Crippen molar-refractivity contribution >= 4 is 5.91 Å². The molecule has 2 aromatic carbocycles. The van der Waals surface area contributed by atoms with Crippen molar-refractivity contribution in [2.75, 3.05) is 26.3 Å². The molecule has 1 aliphatic heterocycles. The van der Waals surface area contributed by atoms with Crippen LogP contribution in [0, 0.1) is 0 Å². The molecule has 1 fully saturated rings. The molecule has 1 saturated heterocycles. The lowest BCUT2D eigenvalue weighted by atomic mass is 10.0. The average molecular weight is 385 g/mol. The van der Waals surface area contributed by atoms with Crippen molar-refractivity contribution in [2.45, 2.75) is 12.1 Å². The quantitative estimate of drug-likeness (QED) is 0.748. The number of aromatic nitrogens is 1. The van der Waals surface area contributed by atoms with Crippen molar-refractivity contribution in [3.05, 3.63) is 89.7 Å². The minimum atomic E-state index is -0.382. The van der Waals surface area contributed by atoms with E-state index in [1.165, 1.54) is 11.1 Å². The fourth-order valence-corrected chi connectivity index (χ4v) is 4.43. The van der Waals surface area contributed by atoms with E-state index < -0.39 is 0 Å². The monoisotopic (exact) mass is 385 g/mol. The molecule has 0 unspecified atom stereocenters. The summed E-state index contributed by atoms with van der Waals surface area (Å²) < 4.78 is 5.50. The molecule has 29 heavy (non-hydrogen) atoms. The van der Waals surface area contributed by atoms with E-state index in [0.717, 1.165) is 29.8 Å². The number of morpholine rings is 1. The summed E-state index contributed by atoms with van der Waals surface area (Å²) in [7, 11) is 0. The maximum Gasteiger partial charge on any atom is 0.242 e. The molecular weight excluding hydrogens is 362 g/mol. The molecule has 146 valence electrons. The fourth-order valence-electron chi connectivity index (χ4n) is 4.43. The lowest BCUT2D eigenvalue weighted by molar-refractivity contribution is -0.129. The Morgan fingerprint density at radius 3 is 2.24 bits per heavy atom. The van der Waals surface area contributed by atoms with Crippen molar-refractivity contribution in [1.29, 1.82) is 0 Å². The Bertz CT molecular complexity index is 970. The minimum Gasteiger partial charge on any atom is -0.379 e. The van der Waals surface area contributed by atoms with E-state index in [1.54, 1.807) is 12.4 Å². The number of rotatable bonds is 4. The van der Waals surface area contributed by atoms with Crippen LogP contribution in [0.2, 0.25) is 0 Å². The topological polar surface area (TPSA) is 54.5 Å². The second kappa shape index (κ2) is 7.78. The zero-order valence-corrected chi connectivity index (χ0v) is 16.1. The lowest BCUT2D eigenvalue weighted by Crippen LogP contribution is -2.46. The van der Waals surface area contributed by atoms with E-state index in [-0.39, 0.29) is 18.0 Å². The molecule has 5 rings (SSSR count). The smallest absolute Gasteiger partial charge is 0.242 e. The van der Waals surface area contributed by atoms with Crippen LogP contribution in [0.5, 0.6) is 0 Å². The molecular formula is C24H23N3O2. The number of amides is 1. The summed E-state index contributed by atoms with van der Waals surface area (Å²) in [6, 6.07) is 20.0. The molecule has 5 heteroatoms. The van der Waals surface area contributed by atoms with Gasteiger partial charge in [-0.05, 0) is 33.9 Å². The second-order valence-corrected chi connectivity index (χ2v) is 7.45. The van der Waals surface area contributed by atoms with Gasteiger partial charge in [0.2, 0.25) is 5.91 Å². The van der Waals surface area contributed by atoms with E-state index >= 15 is 0 Å². The number of pyridine rings is 1. The highest BCUT2D eigenvalue weighted by Crippen LogP contribution is 2.43. The third kappa shape index (κ3) is 3.33. The van der Waals surface area contributed by atoms with Crippen LogP contribution < -0.4 is 5.32 Å². The van der Waals surface area contributed by atoms with Gasteiger partial charge in [0.05, 0.1) is 19.3 Å². The molecule has 2 aliphatic rings. The summed E-state index contributed by atoms with van der Waals surface area (Å²) in [6.45, 7) is 2.73. The third-order valence-electron chi connectivity index (χ3n) is 5.78. The summed E-state index contributed by atoms with van der Waals surface area (Å²) in [5, 5.41) is 3.34. The number of benzene rings is 2. The predicted molar refractivity (Wildman–Crippen MR) is 111 cm³/mol. The molecule has 1 atom stereocenters. The molecule has 2 heterocycles. The largest absolute Gasteiger partial charge is 0.379 e. The van der Waals surface area contributed by atoms with Crippen LogP contribution in [-0.4, -0.2) is 42.1 Å². The molecule has 0 saturated carbocycles. The first-order chi connectivity index (χ1) is 14.3. The predicted octanol–water partition coefficient (Wildman–Crippen LogP) is 3.34. The van der Waals surface area contributed by atoms with Crippen LogP contribution in [0.4, 0.5) is 0 Å². The van der Waals surface area contributed by atoms with Gasteiger partial charge in [-0.15, -0.1) is 0 Å². The highest BCUT2D eigenvalue weighted by atomic mass is 16.5. The van der Waals surface area contributed by atoms with Crippen LogP contribution in [0.25, 0.3) is 11.1 Å². The summed E-state index contributed by atoms with van der Waals surface area (Å²) in [4.78, 5) is 20.0. The van der Waals surface area contributed by atoms with Crippen molar-refractivity contribution in [1.82, 2.24) is 15.2 Å². The number of fused-ring (bicyclic) bond motifs is 3. The van der Waals surface area contributed by atoms with Crippen LogP contribution in [-0.2, 0) is 9.53 Å². The van der Waals surface area contributed by atoms with Gasteiger partial charge in [0.15, 0.2) is 0 Å². The molecule has 5 nitrogen and oxygen atoms in total. The lowest BCUT2D eigenvalue weighted by Gasteiger charge is -2.34. The van der Waals surface area contributed by atoms with Gasteiger partial charge in [-0.25, -0.2) is 0 Å². The normalized spacial score (nSPS) is 17.4. The number of nitrogens with one attached hydrogen (secondary N) is 1.